The molecule has 0 spiro atoms. The zero-order chi connectivity index (χ0) is 0. The van der Waals surface area contributed by atoms with Crippen molar-refractivity contribution in [1.82, 2.24) is 0 Å². The van der Waals surface area contributed by atoms with Crippen molar-refractivity contribution in [2.24, 2.45) is 0 Å². The molecule has 0 atom stereocenters. The molecule has 0 saturated carbocycles. The van der Waals surface area contributed by atoms with Gasteiger partial charge in [0.15, 0.2) is 0 Å². The van der Waals surface area contributed by atoms with Crippen molar-refractivity contribution in [3.05, 3.63) is 0 Å². The van der Waals surface area contributed by atoms with Crippen molar-refractivity contribution >= 4 is 129 Å². The quantitative estimate of drug-likeness (QED) is 0.434. The van der Waals surface area contributed by atoms with Crippen LogP contribution in [0, 0.1) is 0 Å². The Hall–Kier alpha value is 3.98. The third-order valence-corrected chi connectivity index (χ3v) is 0. The molecule has 5 heteroatoms. The summed E-state index contributed by atoms with van der Waals surface area (Å²) in [6, 6.07) is 0. The predicted octanol–water partition coefficient (Wildman–Crippen LogP) is -1.90. The van der Waals surface area contributed by atoms with E-state index in [-0.39, 0.29) is 129 Å². The van der Waals surface area contributed by atoms with Crippen LogP contribution in [-0.4, -0.2) is 129 Å². The minimum atomic E-state index is 0. The predicted molar refractivity (Wildman–Crippen MR) is 28.8 cm³/mol. The SMILES string of the molecule is [Ge].[Ge].[Ge].[Ge].[Rb]. The topological polar surface area (TPSA) is 0 Å². The Balaban J connectivity index is 0. The summed E-state index contributed by atoms with van der Waals surface area (Å²) in [5, 5.41) is 0. The van der Waals surface area contributed by atoms with Gasteiger partial charge in [0, 0.05) is 129 Å². The van der Waals surface area contributed by atoms with E-state index in [0.29, 0.717) is 0 Å². The van der Waals surface area contributed by atoms with Crippen LogP contribution in [0.2, 0.25) is 0 Å². The first-order chi connectivity index (χ1) is 0. The van der Waals surface area contributed by atoms with Gasteiger partial charge in [-0.1, -0.05) is 0 Å². The summed E-state index contributed by atoms with van der Waals surface area (Å²) in [7, 11) is 0. The van der Waals surface area contributed by atoms with Crippen LogP contribution < -0.4 is 0 Å². The van der Waals surface area contributed by atoms with Crippen LogP contribution in [0.4, 0.5) is 0 Å². The van der Waals surface area contributed by atoms with Crippen molar-refractivity contribution in [3.8, 4) is 0 Å². The van der Waals surface area contributed by atoms with Gasteiger partial charge in [0.25, 0.3) is 0 Å². The van der Waals surface area contributed by atoms with E-state index in [1.165, 1.54) is 0 Å². The monoisotopic (exact) mass is 381 g/mol. The van der Waals surface area contributed by atoms with Gasteiger partial charge < -0.3 is 0 Å². The largest absolute Gasteiger partial charge is 0 e. The van der Waals surface area contributed by atoms with Gasteiger partial charge in [0.1, 0.15) is 0 Å². The van der Waals surface area contributed by atoms with Crippen LogP contribution >= 0.6 is 0 Å². The molecule has 0 saturated heterocycles. The van der Waals surface area contributed by atoms with Gasteiger partial charge in [0.05, 0.1) is 0 Å². The Kier molecular flexibility index (Phi) is 177. The maximum absolute atomic E-state index is 0. The van der Waals surface area contributed by atoms with Gasteiger partial charge in [-0.3, -0.25) is 0 Å². The van der Waals surface area contributed by atoms with Crippen molar-refractivity contribution in [1.29, 1.82) is 0 Å². The zero-order valence-corrected chi connectivity index (χ0v) is 16.3. The summed E-state index contributed by atoms with van der Waals surface area (Å²) in [6.45, 7) is 0. The molecule has 0 heterocycles. The second-order valence-corrected chi connectivity index (χ2v) is 0. The van der Waals surface area contributed by atoms with Crippen LogP contribution in [0.25, 0.3) is 0 Å². The first kappa shape index (κ1) is 36.1. The smallest absolute Gasteiger partial charge is 0 e. The Bertz CT molecular complexity index is 3.61. The molecular formula is Ge4Rb. The van der Waals surface area contributed by atoms with Gasteiger partial charge in [-0.15, -0.1) is 0 Å². The van der Waals surface area contributed by atoms with E-state index in [4.69, 9.17) is 0 Å². The van der Waals surface area contributed by atoms with E-state index >= 15 is 0 Å². The number of hydrogen-bond donors (Lipinski definition) is 0. The van der Waals surface area contributed by atoms with Crippen LogP contribution in [0.15, 0.2) is 0 Å². The molecule has 5 heavy (non-hydrogen) atoms. The third-order valence-electron chi connectivity index (χ3n) is 0. The third kappa shape index (κ3) is 18.0. The van der Waals surface area contributed by atoms with Gasteiger partial charge in [-0.2, -0.15) is 0 Å². The van der Waals surface area contributed by atoms with Crippen LogP contribution in [0.5, 0.6) is 0 Å². The molecule has 0 aliphatic carbocycles. The van der Waals surface area contributed by atoms with E-state index in [9.17, 15) is 0 Å². The Labute approximate surface area is 125 Å². The van der Waals surface area contributed by atoms with Gasteiger partial charge >= 0.3 is 0 Å². The maximum Gasteiger partial charge on any atom is 0 e. The first-order valence-electron chi connectivity index (χ1n) is 0. The second-order valence-electron chi connectivity index (χ2n) is 0. The fourth-order valence-electron chi connectivity index (χ4n) is 0. The molecule has 0 amide bonds. The summed E-state index contributed by atoms with van der Waals surface area (Å²) < 4.78 is 0. The number of hydrogen-bond acceptors (Lipinski definition) is 0. The molecule has 0 bridgehead atoms. The van der Waals surface area contributed by atoms with E-state index in [1.807, 2.05) is 0 Å². The van der Waals surface area contributed by atoms with Gasteiger partial charge in [-0.05, 0) is 0 Å². The van der Waals surface area contributed by atoms with Crippen molar-refractivity contribution < 1.29 is 0 Å². The van der Waals surface area contributed by atoms with Crippen molar-refractivity contribution in [2.75, 3.05) is 0 Å². The van der Waals surface area contributed by atoms with Gasteiger partial charge in [0.2, 0.25) is 0 Å². The summed E-state index contributed by atoms with van der Waals surface area (Å²) in [5.74, 6) is 0. The van der Waals surface area contributed by atoms with Crippen LogP contribution in [0.3, 0.4) is 0 Å². The Morgan fingerprint density at radius 3 is 0.400 bits per heavy atom. The zero-order valence-electron chi connectivity index (χ0n) is 3.00. The average molecular weight is 376 g/mol. The molecular weight excluding hydrogens is 376 g/mol. The van der Waals surface area contributed by atoms with Crippen molar-refractivity contribution in [3.63, 3.8) is 0 Å². The Morgan fingerprint density at radius 1 is 0.400 bits per heavy atom. The van der Waals surface area contributed by atoms with Gasteiger partial charge in [-0.25, -0.2) is 0 Å². The van der Waals surface area contributed by atoms with Crippen LogP contribution in [0.1, 0.15) is 0 Å². The van der Waals surface area contributed by atoms with Crippen LogP contribution in [-0.2, 0) is 0 Å². The first-order valence-corrected chi connectivity index (χ1v) is 0. The average Bonchev–Trinajstić information content (AvgIpc) is 0. The Morgan fingerprint density at radius 2 is 0.400 bits per heavy atom. The van der Waals surface area contributed by atoms with Crippen molar-refractivity contribution in [2.45, 2.75) is 0 Å². The molecule has 0 N–H and O–H groups in total. The normalized spacial score (nSPS) is 0. The molecule has 0 rings (SSSR count). The van der Waals surface area contributed by atoms with E-state index < -0.39 is 0 Å². The molecule has 0 aromatic rings. The van der Waals surface area contributed by atoms with E-state index in [1.54, 1.807) is 0 Å². The summed E-state index contributed by atoms with van der Waals surface area (Å²) in [5.41, 5.74) is 0. The fraction of sp³-hybridized carbons (Fsp3) is 0. The molecule has 0 aromatic heterocycles. The summed E-state index contributed by atoms with van der Waals surface area (Å²) in [4.78, 5) is 0. The second kappa shape index (κ2) is 24.6. The summed E-state index contributed by atoms with van der Waals surface area (Å²) >= 11 is 0. The molecule has 0 nitrogen and oxygen atoms in total. The number of rotatable bonds is 0. The summed E-state index contributed by atoms with van der Waals surface area (Å²) in [6.07, 6.45) is 0. The molecule has 17 valence electrons. The minimum absolute atomic E-state index is 0. The molecule has 0 fully saturated rings. The molecule has 17 radical (unpaired) electrons. The molecule has 0 aromatic carbocycles. The maximum atomic E-state index is 0. The van der Waals surface area contributed by atoms with E-state index in [0.717, 1.165) is 0 Å². The molecule has 0 aliphatic rings. The molecule has 0 aliphatic heterocycles. The fourth-order valence-corrected chi connectivity index (χ4v) is 0. The van der Waals surface area contributed by atoms with E-state index in [2.05, 4.69) is 0 Å². The standard InChI is InChI=1S/4Ge.Rb. The minimum Gasteiger partial charge on any atom is 0 e. The molecule has 0 unspecified atom stereocenters.